The van der Waals surface area contributed by atoms with E-state index in [1.807, 2.05) is 7.05 Å². The minimum Gasteiger partial charge on any atom is -0.486 e. The molecule has 0 bridgehead atoms. The average Bonchev–Trinajstić information content (AvgIpc) is 3.34. The molecule has 4 heterocycles. The first-order chi connectivity index (χ1) is 13.5. The number of allylic oxidation sites excluding steroid dienone is 2. The van der Waals surface area contributed by atoms with E-state index in [2.05, 4.69) is 15.1 Å². The van der Waals surface area contributed by atoms with Gasteiger partial charge in [-0.25, -0.2) is 14.6 Å². The predicted octanol–water partition coefficient (Wildman–Crippen LogP) is 1.89. The molecule has 0 amide bonds. The molecule has 0 atom stereocenters. The van der Waals surface area contributed by atoms with E-state index in [9.17, 15) is 4.79 Å². The maximum atomic E-state index is 13.0. The van der Waals surface area contributed by atoms with Gasteiger partial charge in [0.2, 0.25) is 0 Å². The highest BCUT2D eigenvalue weighted by Crippen LogP contribution is 2.31. The molecular weight excluding hydrogens is 398 g/mol. The Morgan fingerprint density at radius 3 is 3.04 bits per heavy atom. The van der Waals surface area contributed by atoms with Crippen molar-refractivity contribution in [3.05, 3.63) is 44.5 Å². The van der Waals surface area contributed by atoms with E-state index < -0.39 is 0 Å². The molecule has 4 rings (SSSR count). The van der Waals surface area contributed by atoms with Crippen LogP contribution in [0.15, 0.2) is 28.3 Å². The van der Waals surface area contributed by atoms with Crippen LogP contribution in [-0.2, 0) is 20.0 Å². The summed E-state index contributed by atoms with van der Waals surface area (Å²) in [4.78, 5) is 21.9. The Balaban J connectivity index is 1.79. The molecule has 28 heavy (non-hydrogen) atoms. The molecule has 3 N–H and O–H groups in total. The van der Waals surface area contributed by atoms with E-state index in [0.717, 1.165) is 27.0 Å². The van der Waals surface area contributed by atoms with Crippen LogP contribution in [0.4, 0.5) is 0 Å². The lowest BCUT2D eigenvalue weighted by molar-refractivity contribution is 0.417. The van der Waals surface area contributed by atoms with Gasteiger partial charge in [-0.1, -0.05) is 11.3 Å². The smallest absolute Gasteiger partial charge is 0.291 e. The first-order valence-electron chi connectivity index (χ1n) is 8.28. The van der Waals surface area contributed by atoms with Crippen LogP contribution in [0, 0.1) is 5.41 Å². The first kappa shape index (κ1) is 18.3. The van der Waals surface area contributed by atoms with E-state index in [0.29, 0.717) is 28.4 Å². The molecule has 0 aliphatic carbocycles. The largest absolute Gasteiger partial charge is 0.486 e. The van der Waals surface area contributed by atoms with Crippen molar-refractivity contribution in [3.8, 4) is 5.06 Å². The Morgan fingerprint density at radius 2 is 2.29 bits per heavy atom. The fourth-order valence-corrected chi connectivity index (χ4v) is 4.80. The van der Waals surface area contributed by atoms with Crippen LogP contribution in [0.5, 0.6) is 5.06 Å². The van der Waals surface area contributed by atoms with Crippen LogP contribution < -0.4 is 16.0 Å². The maximum Gasteiger partial charge on any atom is 0.291 e. The fraction of sp³-hybridized carbons (Fsp3) is 0.235. The summed E-state index contributed by atoms with van der Waals surface area (Å²) in [6.07, 6.45) is 4.85. The number of ether oxygens (including phenoxy) is 1. The highest BCUT2D eigenvalue weighted by Gasteiger charge is 2.19. The summed E-state index contributed by atoms with van der Waals surface area (Å²) in [5.41, 5.74) is 9.87. The molecule has 4 aromatic rings. The van der Waals surface area contributed by atoms with E-state index in [-0.39, 0.29) is 12.1 Å². The number of fused-ring (bicyclic) bond motifs is 3. The number of nitrogens with zero attached hydrogens (tertiary/aromatic N) is 5. The van der Waals surface area contributed by atoms with E-state index in [1.165, 1.54) is 33.4 Å². The predicted molar refractivity (Wildman–Crippen MR) is 111 cm³/mol. The van der Waals surface area contributed by atoms with Crippen molar-refractivity contribution in [1.29, 1.82) is 5.41 Å². The normalized spacial score (nSPS) is 12.1. The highest BCUT2D eigenvalue weighted by atomic mass is 32.1. The van der Waals surface area contributed by atoms with E-state index >= 15 is 0 Å². The molecule has 11 heteroatoms. The van der Waals surface area contributed by atoms with Crippen molar-refractivity contribution >= 4 is 50.1 Å². The van der Waals surface area contributed by atoms with Crippen LogP contribution in [0.3, 0.4) is 0 Å². The maximum absolute atomic E-state index is 13.0. The van der Waals surface area contributed by atoms with Crippen molar-refractivity contribution in [1.82, 2.24) is 24.3 Å². The molecule has 0 aromatic carbocycles. The third kappa shape index (κ3) is 2.98. The molecule has 9 nitrogen and oxygen atoms in total. The van der Waals surface area contributed by atoms with E-state index in [1.54, 1.807) is 23.4 Å². The van der Waals surface area contributed by atoms with Crippen molar-refractivity contribution in [3.63, 3.8) is 0 Å². The lowest BCUT2D eigenvalue weighted by atomic mass is 10.3. The van der Waals surface area contributed by atoms with Gasteiger partial charge in [0.25, 0.3) is 5.56 Å². The SMILES string of the molecule is COc1scnc1Cn1ncc2c3sc(CC(N)=CC=N)nc3n(C)c2c1=O. The molecule has 0 radical (unpaired) electrons. The molecule has 0 unspecified atom stereocenters. The summed E-state index contributed by atoms with van der Waals surface area (Å²) in [6.45, 7) is 0.240. The summed E-state index contributed by atoms with van der Waals surface area (Å²) >= 11 is 2.86. The minimum absolute atomic E-state index is 0.204. The molecule has 0 saturated heterocycles. The zero-order chi connectivity index (χ0) is 19.8. The van der Waals surface area contributed by atoms with Crippen molar-refractivity contribution in [2.45, 2.75) is 13.0 Å². The number of aromatic nitrogens is 5. The van der Waals surface area contributed by atoms with Gasteiger partial charge in [0.05, 0.1) is 30.1 Å². The van der Waals surface area contributed by atoms with Gasteiger partial charge in [0, 0.05) is 30.8 Å². The second kappa shape index (κ2) is 7.17. The lowest BCUT2D eigenvalue weighted by Gasteiger charge is -2.05. The van der Waals surface area contributed by atoms with Gasteiger partial charge >= 0.3 is 0 Å². The van der Waals surface area contributed by atoms with Gasteiger partial charge in [-0.2, -0.15) is 5.10 Å². The topological polar surface area (TPSA) is 125 Å². The third-order valence-corrected chi connectivity index (χ3v) is 6.22. The van der Waals surface area contributed by atoms with Gasteiger partial charge in [-0.15, -0.1) is 11.3 Å². The Hall–Kier alpha value is -3.05. The highest BCUT2D eigenvalue weighted by molar-refractivity contribution is 7.19. The fourth-order valence-electron chi connectivity index (χ4n) is 3.03. The summed E-state index contributed by atoms with van der Waals surface area (Å²) in [5.74, 6) is 0. The summed E-state index contributed by atoms with van der Waals surface area (Å²) in [7, 11) is 3.40. The van der Waals surface area contributed by atoms with Crippen LogP contribution in [0.1, 0.15) is 10.7 Å². The van der Waals surface area contributed by atoms with Crippen LogP contribution in [0.25, 0.3) is 21.3 Å². The van der Waals surface area contributed by atoms with Gasteiger partial charge in [0.1, 0.15) is 16.2 Å². The molecule has 0 aliphatic heterocycles. The quantitative estimate of drug-likeness (QED) is 0.463. The van der Waals surface area contributed by atoms with Gasteiger partial charge in [-0.3, -0.25) is 4.79 Å². The number of nitrogens with one attached hydrogen (secondary N) is 1. The van der Waals surface area contributed by atoms with E-state index in [4.69, 9.17) is 15.9 Å². The van der Waals surface area contributed by atoms with Crippen LogP contribution in [0.2, 0.25) is 0 Å². The van der Waals surface area contributed by atoms with Crippen molar-refractivity contribution in [2.24, 2.45) is 12.8 Å². The summed E-state index contributed by atoms with van der Waals surface area (Å²) in [6, 6.07) is 0. The van der Waals surface area contributed by atoms with Gasteiger partial charge < -0.3 is 20.4 Å². The van der Waals surface area contributed by atoms with Gasteiger partial charge in [-0.05, 0) is 6.08 Å². The molecule has 0 aliphatic rings. The average molecular weight is 416 g/mol. The number of hydrogen-bond donors (Lipinski definition) is 2. The second-order valence-electron chi connectivity index (χ2n) is 6.06. The zero-order valence-electron chi connectivity index (χ0n) is 15.2. The van der Waals surface area contributed by atoms with Crippen molar-refractivity contribution < 1.29 is 4.74 Å². The Bertz CT molecular complexity index is 1280. The summed E-state index contributed by atoms with van der Waals surface area (Å²) < 4.78 is 9.35. The van der Waals surface area contributed by atoms with Gasteiger partial charge in [0.15, 0.2) is 10.7 Å². The minimum atomic E-state index is -0.204. The Labute approximate surface area is 167 Å². The number of thiazole rings is 2. The standard InChI is InChI=1S/C17H17N7O2S2/c1-23-13-10(14-15(23)22-12(28-14)5-9(19)3-4-18)6-21-24(16(13)25)7-11-17(26-2)27-8-20-11/h3-4,6,8,18H,5,7,19H2,1-2H3. The Morgan fingerprint density at radius 1 is 1.46 bits per heavy atom. The van der Waals surface area contributed by atoms with Crippen LogP contribution >= 0.6 is 22.7 Å². The molecule has 0 saturated carbocycles. The Kier molecular flexibility index (Phi) is 4.69. The zero-order valence-corrected chi connectivity index (χ0v) is 16.8. The number of nitrogens with two attached hydrogens (primary N) is 1. The summed E-state index contributed by atoms with van der Waals surface area (Å²) in [5, 5.41) is 13.7. The molecule has 4 aromatic heterocycles. The number of aryl methyl sites for hydroxylation is 1. The molecule has 0 spiro atoms. The van der Waals surface area contributed by atoms with Crippen LogP contribution in [-0.4, -0.2) is 37.6 Å². The molecular formula is C17H17N7O2S2. The molecule has 144 valence electrons. The number of hydrogen-bond acceptors (Lipinski definition) is 9. The second-order valence-corrected chi connectivity index (χ2v) is 7.97. The molecule has 0 fully saturated rings. The monoisotopic (exact) mass is 415 g/mol. The number of methoxy groups -OCH3 is 1. The lowest BCUT2D eigenvalue weighted by Crippen LogP contribution is -2.24. The van der Waals surface area contributed by atoms with Crippen molar-refractivity contribution in [2.75, 3.05) is 7.11 Å². The third-order valence-electron chi connectivity index (χ3n) is 4.31. The first-order valence-corrected chi connectivity index (χ1v) is 9.98. The number of rotatable bonds is 6.